The van der Waals surface area contributed by atoms with E-state index in [0.29, 0.717) is 36.5 Å². The van der Waals surface area contributed by atoms with Crippen LogP contribution in [-0.4, -0.2) is 63.5 Å². The number of thiazole rings is 1. The van der Waals surface area contributed by atoms with Crippen molar-refractivity contribution in [3.05, 3.63) is 63.8 Å². The molecular weight excluding hydrogens is 466 g/mol. The molecule has 0 saturated carbocycles. The van der Waals surface area contributed by atoms with Crippen LogP contribution < -0.4 is 0 Å². The summed E-state index contributed by atoms with van der Waals surface area (Å²) < 4.78 is 61.8. The number of hydrogen-bond donors (Lipinski definition) is 0. The monoisotopic (exact) mass is 481 g/mol. The number of amides is 2. The van der Waals surface area contributed by atoms with Crippen LogP contribution in [0.3, 0.4) is 0 Å². The van der Waals surface area contributed by atoms with Gasteiger partial charge < -0.3 is 14.2 Å². The van der Waals surface area contributed by atoms with Gasteiger partial charge in [-0.05, 0) is 18.2 Å². The predicted octanol–water partition coefficient (Wildman–Crippen LogP) is 2.64. The van der Waals surface area contributed by atoms with Crippen molar-refractivity contribution in [3.63, 3.8) is 0 Å². The maximum absolute atomic E-state index is 14.9. The molecule has 3 aromatic rings. The largest absolute Gasteiger partial charge is 0.419 e. The molecule has 0 N–H and O–H groups in total. The Kier molecular flexibility index (Phi) is 4.96. The predicted molar refractivity (Wildman–Crippen MR) is 104 cm³/mol. The van der Waals surface area contributed by atoms with Crippen molar-refractivity contribution < 1.29 is 31.6 Å². The second-order valence-corrected chi connectivity index (χ2v) is 9.01. The fraction of sp³-hybridized carbons (Fsp3) is 0.350. The first kappa shape index (κ1) is 21.5. The molecule has 1 aromatic carbocycles. The molecule has 0 radical (unpaired) electrons. The number of carbonyl (C=O) groups is 2. The first-order valence-corrected chi connectivity index (χ1v) is 10.7. The highest BCUT2D eigenvalue weighted by Gasteiger charge is 2.58. The molecule has 1 unspecified atom stereocenters. The van der Waals surface area contributed by atoms with Gasteiger partial charge in [0.2, 0.25) is 12.3 Å². The van der Waals surface area contributed by atoms with Crippen molar-refractivity contribution in [2.75, 3.05) is 26.2 Å². The quantitative estimate of drug-likeness (QED) is 0.411. The number of hydrogen-bond acceptors (Lipinski definition) is 7. The molecule has 0 aliphatic carbocycles. The van der Waals surface area contributed by atoms with Gasteiger partial charge in [-0.25, -0.2) is 8.78 Å². The molecule has 1 atom stereocenters. The molecule has 2 saturated heterocycles. The summed E-state index contributed by atoms with van der Waals surface area (Å²) in [4.78, 5) is 31.4. The van der Waals surface area contributed by atoms with Gasteiger partial charge in [0.25, 0.3) is 11.8 Å². The first-order valence-electron chi connectivity index (χ1n) is 9.78. The number of rotatable bonds is 5. The molecule has 8 nitrogen and oxygen atoms in total. The zero-order valence-corrected chi connectivity index (χ0v) is 17.6. The minimum atomic E-state index is -3.86. The molecular formula is C20H15F4N5O3S. The number of aromatic nitrogens is 3. The van der Waals surface area contributed by atoms with Crippen LogP contribution in [0, 0.1) is 17.0 Å². The van der Waals surface area contributed by atoms with E-state index in [1.165, 1.54) is 27.9 Å². The van der Waals surface area contributed by atoms with Crippen LogP contribution in [-0.2, 0) is 10.7 Å². The van der Waals surface area contributed by atoms with Crippen LogP contribution in [0.1, 0.15) is 32.9 Å². The van der Waals surface area contributed by atoms with Gasteiger partial charge in [0.1, 0.15) is 4.88 Å². The van der Waals surface area contributed by atoms with Crippen LogP contribution in [0.4, 0.5) is 17.6 Å². The van der Waals surface area contributed by atoms with Crippen LogP contribution in [0.25, 0.3) is 0 Å². The molecule has 2 aromatic heterocycles. The minimum absolute atomic E-state index is 0.114. The topological polar surface area (TPSA) is 92.4 Å². The van der Waals surface area contributed by atoms with E-state index in [1.807, 2.05) is 0 Å². The van der Waals surface area contributed by atoms with Crippen molar-refractivity contribution in [2.24, 2.45) is 5.41 Å². The summed E-state index contributed by atoms with van der Waals surface area (Å²) in [5.41, 5.74) is 0.0663. The van der Waals surface area contributed by atoms with Crippen LogP contribution in [0.15, 0.2) is 34.3 Å². The standard InChI is InChI=1S/C20H15F4N5O3S/c21-13-2-1-11(3-14(13)22)20(23,24)18-27-26-16(32-18)12-5-29(17(31)15-4-25-9-33-15)8-19(12)6-28(7-19)10-30/h1-4,9-10,12H,5-8H2. The first-order chi connectivity index (χ1) is 15.7. The van der Waals surface area contributed by atoms with E-state index in [1.54, 1.807) is 4.90 Å². The smallest absolute Gasteiger partial charge is 0.349 e. The Hall–Kier alpha value is -3.35. The molecule has 2 amide bonds. The molecule has 2 aliphatic rings. The molecule has 5 rings (SSSR count). The zero-order chi connectivity index (χ0) is 23.4. The number of likely N-dealkylation sites (tertiary alicyclic amines) is 2. The molecule has 33 heavy (non-hydrogen) atoms. The Balaban J connectivity index is 1.44. The molecule has 172 valence electrons. The SMILES string of the molecule is O=CN1CC2(C1)CN(C(=O)c1cncs1)CC2c1nnc(C(F)(F)c2ccc(F)c(F)c2)o1. The summed E-state index contributed by atoms with van der Waals surface area (Å²) in [7, 11) is 0. The van der Waals surface area contributed by atoms with Crippen LogP contribution in [0.2, 0.25) is 0 Å². The molecule has 4 heterocycles. The summed E-state index contributed by atoms with van der Waals surface area (Å²) in [6.45, 7) is 0.994. The summed E-state index contributed by atoms with van der Waals surface area (Å²) in [6, 6.07) is 1.70. The van der Waals surface area contributed by atoms with E-state index in [0.717, 1.165) is 6.07 Å². The third-order valence-corrected chi connectivity index (χ3v) is 6.81. The lowest BCUT2D eigenvalue weighted by Crippen LogP contribution is -2.59. The summed E-state index contributed by atoms with van der Waals surface area (Å²) in [6.07, 6.45) is 2.12. The molecule has 0 bridgehead atoms. The molecule has 1 spiro atoms. The van der Waals surface area contributed by atoms with Gasteiger partial charge in [-0.3, -0.25) is 14.6 Å². The minimum Gasteiger partial charge on any atom is -0.419 e. The molecule has 2 fully saturated rings. The average Bonchev–Trinajstić information content (AvgIpc) is 3.52. The van der Waals surface area contributed by atoms with Gasteiger partial charge in [0.15, 0.2) is 11.6 Å². The number of benzene rings is 1. The highest BCUT2D eigenvalue weighted by molar-refractivity contribution is 7.11. The third-order valence-electron chi connectivity index (χ3n) is 6.05. The van der Waals surface area contributed by atoms with Crippen molar-refractivity contribution in [1.29, 1.82) is 0 Å². The Morgan fingerprint density at radius 1 is 1.21 bits per heavy atom. The molecule has 2 aliphatic heterocycles. The molecule has 13 heteroatoms. The Morgan fingerprint density at radius 3 is 2.67 bits per heavy atom. The van der Waals surface area contributed by atoms with Gasteiger partial charge in [0.05, 0.1) is 17.6 Å². The van der Waals surface area contributed by atoms with Gasteiger partial charge in [-0.15, -0.1) is 21.5 Å². The lowest BCUT2D eigenvalue weighted by molar-refractivity contribution is -0.129. The van der Waals surface area contributed by atoms with Crippen molar-refractivity contribution in [2.45, 2.75) is 11.8 Å². The number of halogens is 4. The number of alkyl halides is 2. The van der Waals surface area contributed by atoms with E-state index in [4.69, 9.17) is 4.42 Å². The van der Waals surface area contributed by atoms with E-state index < -0.39 is 40.3 Å². The van der Waals surface area contributed by atoms with E-state index >= 15 is 0 Å². The summed E-state index contributed by atoms with van der Waals surface area (Å²) >= 11 is 1.18. The van der Waals surface area contributed by atoms with Gasteiger partial charge in [-0.2, -0.15) is 8.78 Å². The van der Waals surface area contributed by atoms with Gasteiger partial charge in [-0.1, -0.05) is 0 Å². The van der Waals surface area contributed by atoms with E-state index in [2.05, 4.69) is 15.2 Å². The van der Waals surface area contributed by atoms with E-state index in [9.17, 15) is 27.2 Å². The van der Waals surface area contributed by atoms with Crippen molar-refractivity contribution in [3.8, 4) is 0 Å². The maximum atomic E-state index is 14.9. The van der Waals surface area contributed by atoms with Crippen molar-refractivity contribution in [1.82, 2.24) is 25.0 Å². The third kappa shape index (κ3) is 3.46. The number of carbonyl (C=O) groups excluding carboxylic acids is 2. The van der Waals surface area contributed by atoms with E-state index in [-0.39, 0.29) is 24.9 Å². The average molecular weight is 481 g/mol. The summed E-state index contributed by atoms with van der Waals surface area (Å²) in [5, 5.41) is 7.26. The normalized spacial score (nSPS) is 19.7. The highest BCUT2D eigenvalue weighted by atomic mass is 32.1. The zero-order valence-electron chi connectivity index (χ0n) is 16.8. The fourth-order valence-electron chi connectivity index (χ4n) is 4.42. The van der Waals surface area contributed by atoms with Crippen LogP contribution in [0.5, 0.6) is 0 Å². The number of nitrogens with zero attached hydrogens (tertiary/aromatic N) is 5. The second kappa shape index (κ2) is 7.61. The lowest BCUT2D eigenvalue weighted by Gasteiger charge is -2.48. The van der Waals surface area contributed by atoms with Gasteiger partial charge >= 0.3 is 5.92 Å². The fourth-order valence-corrected chi connectivity index (χ4v) is 5.00. The highest BCUT2D eigenvalue weighted by Crippen LogP contribution is 2.49. The van der Waals surface area contributed by atoms with Crippen LogP contribution >= 0.6 is 11.3 Å². The Morgan fingerprint density at radius 2 is 2.00 bits per heavy atom. The lowest BCUT2D eigenvalue weighted by atomic mass is 9.72. The Bertz CT molecular complexity index is 1210. The second-order valence-electron chi connectivity index (χ2n) is 8.13. The summed E-state index contributed by atoms with van der Waals surface area (Å²) in [5.74, 6) is -8.59. The Labute approximate surface area is 187 Å². The maximum Gasteiger partial charge on any atom is 0.349 e. The van der Waals surface area contributed by atoms with Crippen molar-refractivity contribution >= 4 is 23.7 Å². The van der Waals surface area contributed by atoms with Gasteiger partial charge in [0, 0.05) is 37.2 Å².